The number of rotatable bonds is 6. The number of benzene rings is 2. The number of hydrogen-bond donors (Lipinski definition) is 1. The molecular weight excluding hydrogens is 287 g/mol. The summed E-state index contributed by atoms with van der Waals surface area (Å²) in [5.74, 6) is 0.356. The molecule has 0 fully saturated rings. The topological polar surface area (TPSA) is 69.6 Å². The van der Waals surface area contributed by atoms with Crippen molar-refractivity contribution < 1.29 is 19.1 Å². The van der Waals surface area contributed by atoms with E-state index in [2.05, 4.69) is 0 Å². The predicted molar refractivity (Wildman–Crippen MR) is 82.5 cm³/mol. The van der Waals surface area contributed by atoms with Crippen LogP contribution in [0.3, 0.4) is 0 Å². The molecular formula is C16H18O4P-. The molecule has 21 heavy (non-hydrogen) atoms. The van der Waals surface area contributed by atoms with Gasteiger partial charge in [-0.2, -0.15) is 0 Å². The summed E-state index contributed by atoms with van der Waals surface area (Å²) >= 11 is 0. The number of aliphatic hydroxyl groups excluding tert-OH is 1. The number of allylic oxidation sites excluding steroid dienone is 1. The molecule has 2 aromatic rings. The second-order valence-corrected chi connectivity index (χ2v) is 6.75. The first-order valence-electron chi connectivity index (χ1n) is 6.76. The number of hydrogen-bond acceptors (Lipinski definition) is 4. The van der Waals surface area contributed by atoms with Gasteiger partial charge in [0, 0.05) is 11.5 Å². The van der Waals surface area contributed by atoms with Gasteiger partial charge in [0.1, 0.15) is 5.75 Å². The zero-order chi connectivity index (χ0) is 15.3. The maximum absolute atomic E-state index is 12.0. The molecule has 0 aromatic heterocycles. The monoisotopic (exact) mass is 305 g/mol. The zero-order valence-electron chi connectivity index (χ0n) is 11.9. The van der Waals surface area contributed by atoms with Crippen LogP contribution >= 0.6 is 7.60 Å². The van der Waals surface area contributed by atoms with E-state index in [1.165, 1.54) is 0 Å². The van der Waals surface area contributed by atoms with Gasteiger partial charge in [-0.3, -0.25) is 4.57 Å². The minimum Gasteiger partial charge on any atom is -0.769 e. The lowest BCUT2D eigenvalue weighted by atomic mass is 10.1. The lowest BCUT2D eigenvalue weighted by Crippen LogP contribution is -2.11. The SMILES string of the molecule is C/C(=C\CCP(=O)([O-])Oc1cccc2ccccc12)CO. The van der Waals surface area contributed by atoms with Gasteiger partial charge >= 0.3 is 0 Å². The van der Waals surface area contributed by atoms with E-state index in [0.717, 1.165) is 16.3 Å². The van der Waals surface area contributed by atoms with Crippen LogP contribution in [0.1, 0.15) is 13.3 Å². The minimum absolute atomic E-state index is 0.0622. The molecule has 0 radical (unpaired) electrons. The third-order valence-electron chi connectivity index (χ3n) is 3.13. The molecule has 2 rings (SSSR count). The Hall–Kier alpha value is -1.61. The summed E-state index contributed by atoms with van der Waals surface area (Å²) in [7, 11) is -3.96. The average molecular weight is 305 g/mol. The van der Waals surface area contributed by atoms with Gasteiger partial charge in [-0.15, -0.1) is 0 Å². The normalized spacial score (nSPS) is 14.9. The fourth-order valence-corrected chi connectivity index (χ4v) is 3.00. The van der Waals surface area contributed by atoms with E-state index in [9.17, 15) is 9.46 Å². The van der Waals surface area contributed by atoms with Crippen LogP contribution in [0.4, 0.5) is 0 Å². The average Bonchev–Trinajstić information content (AvgIpc) is 2.47. The van der Waals surface area contributed by atoms with E-state index >= 15 is 0 Å². The first-order chi connectivity index (χ1) is 10.0. The van der Waals surface area contributed by atoms with Gasteiger partial charge in [-0.25, -0.2) is 0 Å². The molecule has 4 nitrogen and oxygen atoms in total. The highest BCUT2D eigenvalue weighted by molar-refractivity contribution is 7.51. The summed E-state index contributed by atoms with van der Waals surface area (Å²) in [5, 5.41) is 10.6. The molecule has 0 heterocycles. The van der Waals surface area contributed by atoms with E-state index in [0.29, 0.717) is 12.2 Å². The Morgan fingerprint density at radius 3 is 2.76 bits per heavy atom. The highest BCUT2D eigenvalue weighted by Crippen LogP contribution is 2.41. The quantitative estimate of drug-likeness (QED) is 0.657. The third-order valence-corrected chi connectivity index (χ3v) is 4.41. The second kappa shape index (κ2) is 6.90. The molecule has 5 heteroatoms. The van der Waals surface area contributed by atoms with E-state index in [4.69, 9.17) is 9.63 Å². The molecule has 112 valence electrons. The van der Waals surface area contributed by atoms with Gasteiger partial charge in [-0.1, -0.05) is 48.0 Å². The molecule has 0 saturated carbocycles. The Balaban J connectivity index is 2.13. The van der Waals surface area contributed by atoms with Gasteiger partial charge in [0.15, 0.2) is 7.60 Å². The van der Waals surface area contributed by atoms with Crippen molar-refractivity contribution in [2.75, 3.05) is 12.8 Å². The van der Waals surface area contributed by atoms with Crippen LogP contribution in [0.15, 0.2) is 54.1 Å². The fraction of sp³-hybridized carbons (Fsp3) is 0.250. The highest BCUT2D eigenvalue weighted by Gasteiger charge is 2.11. The molecule has 1 unspecified atom stereocenters. The van der Waals surface area contributed by atoms with Crippen molar-refractivity contribution in [3.05, 3.63) is 54.1 Å². The first kappa shape index (κ1) is 15.8. The summed E-state index contributed by atoms with van der Waals surface area (Å²) in [4.78, 5) is 12.0. The van der Waals surface area contributed by atoms with Crippen LogP contribution in [-0.2, 0) is 4.57 Å². The Morgan fingerprint density at radius 1 is 1.29 bits per heavy atom. The molecule has 0 aliphatic rings. The van der Waals surface area contributed by atoms with Crippen molar-refractivity contribution in [2.45, 2.75) is 13.3 Å². The largest absolute Gasteiger partial charge is 0.769 e. The molecule has 2 aromatic carbocycles. The Morgan fingerprint density at radius 2 is 2.00 bits per heavy atom. The highest BCUT2D eigenvalue weighted by atomic mass is 31.2. The molecule has 0 bridgehead atoms. The minimum atomic E-state index is -3.96. The van der Waals surface area contributed by atoms with Crippen molar-refractivity contribution in [1.82, 2.24) is 0 Å². The Labute approximate surface area is 124 Å². The third kappa shape index (κ3) is 4.43. The molecule has 0 aliphatic carbocycles. The fourth-order valence-electron chi connectivity index (χ4n) is 2.00. The maximum Gasteiger partial charge on any atom is 0.185 e. The molecule has 1 atom stereocenters. The molecule has 0 spiro atoms. The van der Waals surface area contributed by atoms with E-state index in [1.54, 1.807) is 25.1 Å². The number of fused-ring (bicyclic) bond motifs is 1. The first-order valence-corrected chi connectivity index (χ1v) is 8.48. The van der Waals surface area contributed by atoms with Crippen LogP contribution in [-0.4, -0.2) is 17.9 Å². The Kier molecular flexibility index (Phi) is 5.18. The van der Waals surface area contributed by atoms with Crippen molar-refractivity contribution >= 4 is 18.4 Å². The summed E-state index contributed by atoms with van der Waals surface area (Å²) in [6.07, 6.45) is 1.95. The summed E-state index contributed by atoms with van der Waals surface area (Å²) < 4.78 is 17.3. The second-order valence-electron chi connectivity index (χ2n) is 4.90. The Bertz CT molecular complexity index is 688. The van der Waals surface area contributed by atoms with Gasteiger partial charge in [-0.05, 0) is 24.8 Å². The zero-order valence-corrected chi connectivity index (χ0v) is 12.8. The van der Waals surface area contributed by atoms with Gasteiger partial charge in [0.05, 0.1) is 6.61 Å². The van der Waals surface area contributed by atoms with E-state index < -0.39 is 7.60 Å². The molecule has 1 N–H and O–H groups in total. The van der Waals surface area contributed by atoms with Gasteiger partial charge < -0.3 is 14.5 Å². The van der Waals surface area contributed by atoms with Gasteiger partial charge in [0.2, 0.25) is 0 Å². The van der Waals surface area contributed by atoms with Crippen molar-refractivity contribution in [3.8, 4) is 5.75 Å². The standard InChI is InChI=1S/C16H19O4P/c1-13(12-17)6-5-11-21(18,19)20-16-10-4-8-14-7-2-3-9-15(14)16/h2-4,6-10,17H,5,11-12H2,1H3,(H,18,19)/p-1/b13-6+. The molecule has 0 aliphatic heterocycles. The lowest BCUT2D eigenvalue weighted by Gasteiger charge is -2.24. The molecule has 0 amide bonds. The van der Waals surface area contributed by atoms with Crippen LogP contribution in [0.5, 0.6) is 5.75 Å². The van der Waals surface area contributed by atoms with Crippen LogP contribution in [0, 0.1) is 0 Å². The van der Waals surface area contributed by atoms with E-state index in [-0.39, 0.29) is 12.8 Å². The summed E-state index contributed by atoms with van der Waals surface area (Å²) in [6.45, 7) is 1.69. The predicted octanol–water partition coefficient (Wildman–Crippen LogP) is 3.10. The van der Waals surface area contributed by atoms with Crippen LogP contribution in [0.25, 0.3) is 10.8 Å². The number of aliphatic hydroxyl groups is 1. The molecule has 0 saturated heterocycles. The maximum atomic E-state index is 12.0. The lowest BCUT2D eigenvalue weighted by molar-refractivity contribution is -0.190. The van der Waals surface area contributed by atoms with Crippen molar-refractivity contribution in [2.24, 2.45) is 0 Å². The van der Waals surface area contributed by atoms with Crippen LogP contribution < -0.4 is 9.42 Å². The van der Waals surface area contributed by atoms with Gasteiger partial charge in [0.25, 0.3) is 0 Å². The summed E-state index contributed by atoms with van der Waals surface area (Å²) in [5.41, 5.74) is 0.750. The van der Waals surface area contributed by atoms with E-state index in [1.807, 2.05) is 30.3 Å². The van der Waals surface area contributed by atoms with Crippen molar-refractivity contribution in [3.63, 3.8) is 0 Å². The summed E-state index contributed by atoms with van der Waals surface area (Å²) in [6, 6.07) is 12.8. The van der Waals surface area contributed by atoms with Crippen LogP contribution in [0.2, 0.25) is 0 Å². The smallest absolute Gasteiger partial charge is 0.185 e. The van der Waals surface area contributed by atoms with Crippen molar-refractivity contribution in [1.29, 1.82) is 0 Å².